The molecule has 1 aromatic rings. The first kappa shape index (κ1) is 29.1. The monoisotopic (exact) mass is 560 g/mol. The van der Waals surface area contributed by atoms with Crippen molar-refractivity contribution in [1.82, 2.24) is 5.32 Å². The lowest BCUT2D eigenvalue weighted by Gasteiger charge is -2.42. The maximum Gasteiger partial charge on any atom is 0.407 e. The smallest absolute Gasteiger partial charge is 0.407 e. The van der Waals surface area contributed by atoms with Gasteiger partial charge in [0.25, 0.3) is 6.47 Å². The molecule has 4 rings (SSSR count). The number of amides is 2. The number of carbonyl (C=O) groups is 3. The van der Waals surface area contributed by atoms with E-state index < -0.39 is 35.5 Å². The Labute approximate surface area is 234 Å². The minimum Gasteiger partial charge on any atom is -0.461 e. The Morgan fingerprint density at radius 2 is 1.97 bits per heavy atom. The van der Waals surface area contributed by atoms with Gasteiger partial charge in [-0.2, -0.15) is 0 Å². The molecule has 0 saturated carbocycles. The number of hydrogen-bond donors (Lipinski definition) is 1. The van der Waals surface area contributed by atoms with Crippen LogP contribution in [0.1, 0.15) is 51.2 Å². The van der Waals surface area contributed by atoms with Gasteiger partial charge in [0.05, 0.1) is 34.9 Å². The van der Waals surface area contributed by atoms with Gasteiger partial charge in [-0.25, -0.2) is 4.79 Å². The van der Waals surface area contributed by atoms with Gasteiger partial charge in [-0.05, 0) is 51.3 Å². The summed E-state index contributed by atoms with van der Waals surface area (Å²) < 4.78 is 22.8. The Bertz CT molecular complexity index is 1200. The number of aryl methyl sites for hydroxylation is 1. The van der Waals surface area contributed by atoms with Gasteiger partial charge in [0.15, 0.2) is 0 Å². The number of nitrogens with zero attached hydrogens (tertiary/aromatic N) is 1. The van der Waals surface area contributed by atoms with Crippen molar-refractivity contribution in [2.75, 3.05) is 19.1 Å². The molecule has 0 aliphatic carbocycles. The first-order valence-corrected chi connectivity index (χ1v) is 13.5. The molecule has 10 heteroatoms. The van der Waals surface area contributed by atoms with Crippen molar-refractivity contribution >= 4 is 35.8 Å². The van der Waals surface area contributed by atoms with Crippen molar-refractivity contribution in [1.29, 1.82) is 0 Å². The number of nitrogens with one attached hydrogen (secondary N) is 1. The van der Waals surface area contributed by atoms with Gasteiger partial charge in [-0.3, -0.25) is 9.59 Å². The van der Waals surface area contributed by atoms with Gasteiger partial charge >= 0.3 is 6.09 Å². The molecule has 0 spiro atoms. The number of hydrogen-bond acceptors (Lipinski definition) is 7. The summed E-state index contributed by atoms with van der Waals surface area (Å²) >= 11 is 6.63. The Hall–Kier alpha value is -2.88. The maximum absolute atomic E-state index is 13.4. The number of ether oxygens (including phenoxy) is 4. The highest BCUT2D eigenvalue weighted by atomic mass is 35.5. The van der Waals surface area contributed by atoms with Crippen LogP contribution in [0.25, 0.3) is 0 Å². The van der Waals surface area contributed by atoms with E-state index in [2.05, 4.69) is 5.32 Å². The van der Waals surface area contributed by atoms with Crippen LogP contribution in [-0.2, 0) is 35.0 Å². The molecule has 6 atom stereocenters. The quantitative estimate of drug-likeness (QED) is 0.431. The molecule has 3 heterocycles. The largest absolute Gasteiger partial charge is 0.461 e. The topological polar surface area (TPSA) is 107 Å². The zero-order valence-electron chi connectivity index (χ0n) is 23.3. The van der Waals surface area contributed by atoms with Crippen LogP contribution >= 0.6 is 11.6 Å². The predicted molar refractivity (Wildman–Crippen MR) is 147 cm³/mol. The molecule has 4 bridgehead atoms. The SMILES string of the molecule is COC1/C=C/C=C(\C)Cc2cc(C)c(Cl)c(c2)N(C)C(=O)CC(OC=O)[C@]2(C)O[C@H]2C[C@@H]2CC1(C)NC(=O)O2. The highest BCUT2D eigenvalue weighted by Crippen LogP contribution is 2.46. The first-order valence-electron chi connectivity index (χ1n) is 13.1. The molecular formula is C29H37ClN2O7. The molecule has 0 radical (unpaired) electrons. The third-order valence-electron chi connectivity index (χ3n) is 8.05. The Kier molecular flexibility index (Phi) is 8.44. The fraction of sp³-hybridized carbons (Fsp3) is 0.552. The van der Waals surface area contributed by atoms with E-state index in [1.54, 1.807) is 21.1 Å². The maximum atomic E-state index is 13.4. The molecule has 2 amide bonds. The van der Waals surface area contributed by atoms with Gasteiger partial charge in [0.2, 0.25) is 5.91 Å². The Morgan fingerprint density at radius 3 is 2.67 bits per heavy atom. The molecule has 1 aromatic carbocycles. The molecule has 3 aliphatic rings. The van der Waals surface area contributed by atoms with Crippen LogP contribution in [0.4, 0.5) is 10.5 Å². The van der Waals surface area contributed by atoms with Gasteiger partial charge in [0.1, 0.15) is 17.8 Å². The third kappa shape index (κ3) is 6.15. The Morgan fingerprint density at radius 1 is 1.23 bits per heavy atom. The highest BCUT2D eigenvalue weighted by Gasteiger charge is 2.61. The fourth-order valence-corrected chi connectivity index (χ4v) is 5.92. The number of anilines is 1. The van der Waals surface area contributed by atoms with E-state index >= 15 is 0 Å². The van der Waals surface area contributed by atoms with Crippen LogP contribution in [-0.4, -0.2) is 68.2 Å². The first-order chi connectivity index (χ1) is 18.4. The van der Waals surface area contributed by atoms with Crippen molar-refractivity contribution in [3.8, 4) is 0 Å². The number of fused-ring (bicyclic) bond motifs is 5. The van der Waals surface area contributed by atoms with Gasteiger partial charge in [-0.15, -0.1) is 0 Å². The summed E-state index contributed by atoms with van der Waals surface area (Å²) in [5, 5.41) is 3.41. The number of halogens is 1. The highest BCUT2D eigenvalue weighted by molar-refractivity contribution is 6.34. The number of rotatable bonds is 3. The van der Waals surface area contributed by atoms with Crippen molar-refractivity contribution in [3.63, 3.8) is 0 Å². The second-order valence-electron chi connectivity index (χ2n) is 11.2. The number of benzene rings is 1. The van der Waals surface area contributed by atoms with Crippen LogP contribution in [0.2, 0.25) is 5.02 Å². The molecule has 1 N–H and O–H groups in total. The minimum atomic E-state index is -0.906. The predicted octanol–water partition coefficient (Wildman–Crippen LogP) is 4.42. The average molecular weight is 561 g/mol. The molecule has 0 aromatic heterocycles. The van der Waals surface area contributed by atoms with Crippen molar-refractivity contribution in [2.45, 2.75) is 88.9 Å². The summed E-state index contributed by atoms with van der Waals surface area (Å²) in [6, 6.07) is 3.91. The average Bonchev–Trinajstić information content (AvgIpc) is 3.51. The molecule has 39 heavy (non-hydrogen) atoms. The van der Waals surface area contributed by atoms with E-state index in [-0.39, 0.29) is 18.4 Å². The second kappa shape index (κ2) is 11.3. The number of epoxide rings is 1. The lowest BCUT2D eigenvalue weighted by Crippen LogP contribution is -2.60. The Balaban J connectivity index is 1.73. The van der Waals surface area contributed by atoms with Gasteiger partial charge < -0.3 is 29.2 Å². The number of allylic oxidation sites excluding steroid dienone is 3. The molecule has 3 aliphatic heterocycles. The van der Waals surface area contributed by atoms with Crippen LogP contribution in [0, 0.1) is 6.92 Å². The number of alkyl carbamates (subject to hydrolysis) is 1. The van der Waals surface area contributed by atoms with E-state index in [4.69, 9.17) is 30.5 Å². The normalized spacial score (nSPS) is 35.6. The molecule has 9 nitrogen and oxygen atoms in total. The van der Waals surface area contributed by atoms with E-state index in [1.807, 2.05) is 51.1 Å². The van der Waals surface area contributed by atoms with Crippen molar-refractivity contribution < 1.29 is 33.3 Å². The van der Waals surface area contributed by atoms with Gasteiger partial charge in [-0.1, -0.05) is 41.5 Å². The van der Waals surface area contributed by atoms with E-state index in [0.717, 1.165) is 16.7 Å². The van der Waals surface area contributed by atoms with Crippen LogP contribution < -0.4 is 10.2 Å². The summed E-state index contributed by atoms with van der Waals surface area (Å²) in [5.41, 5.74) is 1.90. The molecule has 2 fully saturated rings. The molecule has 2 saturated heterocycles. The number of carbonyl (C=O) groups excluding carboxylic acids is 3. The number of methoxy groups -OCH3 is 1. The van der Waals surface area contributed by atoms with E-state index in [0.29, 0.717) is 36.4 Å². The second-order valence-corrected chi connectivity index (χ2v) is 11.5. The van der Waals surface area contributed by atoms with E-state index in [1.165, 1.54) is 4.90 Å². The summed E-state index contributed by atoms with van der Waals surface area (Å²) in [6.07, 6.45) is 4.66. The zero-order valence-corrected chi connectivity index (χ0v) is 24.0. The summed E-state index contributed by atoms with van der Waals surface area (Å²) in [4.78, 5) is 38.9. The lowest BCUT2D eigenvalue weighted by molar-refractivity contribution is -0.139. The van der Waals surface area contributed by atoms with Crippen LogP contribution in [0.3, 0.4) is 0 Å². The van der Waals surface area contributed by atoms with Crippen LogP contribution in [0.5, 0.6) is 0 Å². The molecule has 3 unspecified atom stereocenters. The molecule has 212 valence electrons. The summed E-state index contributed by atoms with van der Waals surface area (Å²) in [7, 11) is 3.27. The van der Waals surface area contributed by atoms with Crippen LogP contribution in [0.15, 0.2) is 35.9 Å². The summed E-state index contributed by atoms with van der Waals surface area (Å²) in [5.74, 6) is -0.271. The minimum absolute atomic E-state index is 0.0971. The lowest BCUT2D eigenvalue weighted by atomic mass is 9.84. The van der Waals surface area contributed by atoms with Crippen molar-refractivity contribution in [2.24, 2.45) is 0 Å². The third-order valence-corrected chi connectivity index (χ3v) is 8.54. The van der Waals surface area contributed by atoms with E-state index in [9.17, 15) is 14.4 Å². The summed E-state index contributed by atoms with van der Waals surface area (Å²) in [6.45, 7) is 7.99. The van der Waals surface area contributed by atoms with Gasteiger partial charge in [0, 0.05) is 27.0 Å². The zero-order chi connectivity index (χ0) is 28.5. The fourth-order valence-electron chi connectivity index (χ4n) is 5.68. The van der Waals surface area contributed by atoms with Crippen molar-refractivity contribution in [3.05, 3.63) is 52.1 Å². The standard InChI is InChI=1S/C29H37ClN2O7/c1-17-8-7-9-22(36-6)28(3)15-20(38-27(35)31-28)13-24-29(4,39-24)23(37-16-33)14-25(34)32(5)21-12-19(10-17)11-18(2)26(21)30/h7-9,11-12,16,20,22-24H,10,13-15H2,1-6H3,(H,31,35)/b9-7+,17-8+/t20-,22?,23?,24+,28?,29+/m1/s1. The molecular weight excluding hydrogens is 524 g/mol.